The number of amides is 4. The van der Waals surface area contributed by atoms with Gasteiger partial charge in [-0.2, -0.15) is 10.1 Å². The number of piperidine rings is 2. The number of benzene rings is 2. The zero-order valence-electron chi connectivity index (χ0n) is 25.6. The van der Waals surface area contributed by atoms with Gasteiger partial charge in [0.25, 0.3) is 0 Å². The number of nitrogens with one attached hydrogen (secondary N) is 2. The number of carbonyl (C=O) groups is 4. The number of hydrogen-bond acceptors (Lipinski definition) is 9. The van der Waals surface area contributed by atoms with Crippen LogP contribution < -0.4 is 25.3 Å². The molecule has 14 heteroatoms. The highest BCUT2D eigenvalue weighted by Crippen LogP contribution is 2.35. The van der Waals surface area contributed by atoms with Crippen molar-refractivity contribution in [1.82, 2.24) is 25.1 Å². The van der Waals surface area contributed by atoms with Crippen LogP contribution in [0.3, 0.4) is 0 Å². The summed E-state index contributed by atoms with van der Waals surface area (Å²) in [5, 5.41) is 11.5. The van der Waals surface area contributed by atoms with E-state index in [2.05, 4.69) is 25.7 Å². The van der Waals surface area contributed by atoms with Gasteiger partial charge in [-0.1, -0.05) is 11.6 Å². The first kappa shape index (κ1) is 29.7. The van der Waals surface area contributed by atoms with E-state index in [-0.39, 0.29) is 42.5 Å². The van der Waals surface area contributed by atoms with E-state index in [0.717, 1.165) is 33.5 Å². The molecule has 2 saturated heterocycles. The molecule has 4 amide bonds. The molecular weight excluding hydrogens is 610 g/mol. The molecule has 2 atom stereocenters. The topological polar surface area (TPSA) is 146 Å². The lowest BCUT2D eigenvalue weighted by Crippen LogP contribution is -2.47. The number of anilines is 5. The molecular formula is C32H32ClN9O4. The van der Waals surface area contributed by atoms with Crippen LogP contribution in [-0.2, 0) is 32.6 Å². The van der Waals surface area contributed by atoms with E-state index in [1.165, 1.54) is 6.20 Å². The van der Waals surface area contributed by atoms with Gasteiger partial charge in [-0.05, 0) is 54.8 Å². The number of likely N-dealkylation sites (N-methyl/N-ethyl adjacent to an activating group) is 1. The fourth-order valence-electron chi connectivity index (χ4n) is 6.54. The average Bonchev–Trinajstić information content (AvgIpc) is 3.51. The van der Waals surface area contributed by atoms with Crippen LogP contribution in [0.25, 0.3) is 10.9 Å². The quantitative estimate of drug-likeness (QED) is 0.302. The Balaban J connectivity index is 1.05. The first-order chi connectivity index (χ1) is 22.1. The third-order valence-electron chi connectivity index (χ3n) is 9.16. The van der Waals surface area contributed by atoms with Gasteiger partial charge in [0.15, 0.2) is 5.82 Å². The summed E-state index contributed by atoms with van der Waals surface area (Å²) in [6.45, 7) is 0.498. The van der Waals surface area contributed by atoms with Crippen LogP contribution in [0.5, 0.6) is 0 Å². The Morgan fingerprint density at radius 3 is 2.65 bits per heavy atom. The molecule has 0 bridgehead atoms. The minimum absolute atomic E-state index is 0.0278. The Hall–Kier alpha value is -5.04. The fraction of sp³-hybridized carbons (Fsp3) is 0.344. The Bertz CT molecular complexity index is 1940. The monoisotopic (exact) mass is 641 g/mol. The minimum Gasteiger partial charge on any atom is -0.340 e. The SMILES string of the molecule is CN1C(=O)Cc2cc(Nc3nc(N(C)C4CCN(c5ccc6c(C7CCC(=O)NC7=O)nn(C)c6c5)C(=O)C4)ncc3Cl)ccc21. The molecule has 46 heavy (non-hydrogen) atoms. The molecule has 2 N–H and O–H groups in total. The van der Waals surface area contributed by atoms with Crippen molar-refractivity contribution >= 4 is 75.0 Å². The Labute approximate surface area is 269 Å². The lowest BCUT2D eigenvalue weighted by molar-refractivity contribution is -0.134. The number of aryl methyl sites for hydroxylation is 1. The second kappa shape index (κ2) is 11.4. The third-order valence-corrected chi connectivity index (χ3v) is 9.43. The molecule has 2 fully saturated rings. The molecule has 3 aliphatic heterocycles. The van der Waals surface area contributed by atoms with Crippen molar-refractivity contribution in [3.63, 3.8) is 0 Å². The number of fused-ring (bicyclic) bond motifs is 2. The normalized spacial score (nSPS) is 19.9. The van der Waals surface area contributed by atoms with E-state index in [9.17, 15) is 19.2 Å². The smallest absolute Gasteiger partial charge is 0.235 e. The third kappa shape index (κ3) is 5.19. The molecule has 0 radical (unpaired) electrons. The number of halogens is 1. The number of rotatable bonds is 6. The van der Waals surface area contributed by atoms with Gasteiger partial charge in [0, 0.05) is 69.0 Å². The van der Waals surface area contributed by atoms with Crippen molar-refractivity contribution in [3.8, 4) is 0 Å². The van der Waals surface area contributed by atoms with E-state index in [1.807, 2.05) is 55.4 Å². The van der Waals surface area contributed by atoms with Crippen molar-refractivity contribution in [2.24, 2.45) is 7.05 Å². The van der Waals surface area contributed by atoms with Crippen molar-refractivity contribution in [3.05, 3.63) is 58.9 Å². The van der Waals surface area contributed by atoms with E-state index >= 15 is 0 Å². The molecule has 0 saturated carbocycles. The predicted molar refractivity (Wildman–Crippen MR) is 173 cm³/mol. The maximum Gasteiger partial charge on any atom is 0.235 e. The highest BCUT2D eigenvalue weighted by Gasteiger charge is 2.33. The Kier molecular flexibility index (Phi) is 7.35. The van der Waals surface area contributed by atoms with Crippen LogP contribution in [0.15, 0.2) is 42.6 Å². The van der Waals surface area contributed by atoms with Crippen molar-refractivity contribution < 1.29 is 19.2 Å². The molecule has 0 aliphatic carbocycles. The maximum atomic E-state index is 13.5. The van der Waals surface area contributed by atoms with Crippen molar-refractivity contribution in [1.29, 1.82) is 0 Å². The Morgan fingerprint density at radius 1 is 1.04 bits per heavy atom. The lowest BCUT2D eigenvalue weighted by Gasteiger charge is -2.36. The second-order valence-corrected chi connectivity index (χ2v) is 12.4. The average molecular weight is 642 g/mol. The van der Waals surface area contributed by atoms with E-state index < -0.39 is 5.92 Å². The highest BCUT2D eigenvalue weighted by atomic mass is 35.5. The van der Waals surface area contributed by atoms with Crippen LogP contribution in [0.1, 0.15) is 42.9 Å². The summed E-state index contributed by atoms with van der Waals surface area (Å²) >= 11 is 6.45. The van der Waals surface area contributed by atoms with E-state index in [1.54, 1.807) is 21.5 Å². The second-order valence-electron chi connectivity index (χ2n) is 12.0. The fourth-order valence-corrected chi connectivity index (χ4v) is 6.68. The van der Waals surface area contributed by atoms with Crippen LogP contribution in [-0.4, -0.2) is 70.1 Å². The first-order valence-electron chi connectivity index (χ1n) is 15.1. The molecule has 0 spiro atoms. The molecule has 2 aromatic heterocycles. The molecule has 4 aromatic rings. The van der Waals surface area contributed by atoms with Gasteiger partial charge in [0.1, 0.15) is 5.02 Å². The van der Waals surface area contributed by atoms with Gasteiger partial charge in [0.05, 0.1) is 29.7 Å². The summed E-state index contributed by atoms with van der Waals surface area (Å²) < 4.78 is 1.72. The van der Waals surface area contributed by atoms with Crippen LogP contribution in [0.4, 0.5) is 28.8 Å². The van der Waals surface area contributed by atoms with Gasteiger partial charge in [-0.25, -0.2) is 4.98 Å². The van der Waals surface area contributed by atoms with Crippen LogP contribution in [0.2, 0.25) is 5.02 Å². The number of nitrogens with zero attached hydrogens (tertiary/aromatic N) is 7. The van der Waals surface area contributed by atoms with E-state index in [0.29, 0.717) is 48.3 Å². The Morgan fingerprint density at radius 2 is 1.87 bits per heavy atom. The van der Waals surface area contributed by atoms with Gasteiger partial charge in [-0.15, -0.1) is 0 Å². The molecule has 3 aliphatic rings. The molecule has 5 heterocycles. The lowest BCUT2D eigenvalue weighted by atomic mass is 9.92. The minimum atomic E-state index is -0.493. The molecule has 236 valence electrons. The highest BCUT2D eigenvalue weighted by molar-refractivity contribution is 6.33. The van der Waals surface area contributed by atoms with Gasteiger partial charge >= 0.3 is 0 Å². The summed E-state index contributed by atoms with van der Waals surface area (Å²) in [6, 6.07) is 11.3. The van der Waals surface area contributed by atoms with Gasteiger partial charge < -0.3 is 20.0 Å². The van der Waals surface area contributed by atoms with Crippen LogP contribution >= 0.6 is 11.6 Å². The predicted octanol–water partition coefficient (Wildman–Crippen LogP) is 3.43. The standard InChI is InChI=1S/C32H32ClN9O4/c1-39(32-34-16-23(33)30(37-32)35-18-4-8-24-17(12-18)13-27(44)40(24)2)19-10-11-42(28(45)15-19)20-5-6-21-25(14-20)41(3)38-29(21)22-7-9-26(43)36-31(22)46/h4-6,8,12,14,16,19,22H,7,9-11,13,15H2,1-3H3,(H,34,35,37)(H,36,43,46). The van der Waals surface area contributed by atoms with Crippen molar-refractivity contribution in [2.45, 2.75) is 44.1 Å². The number of aromatic nitrogens is 4. The number of carbonyl (C=O) groups excluding carboxylic acids is 4. The summed E-state index contributed by atoms with van der Waals surface area (Å²) in [5.41, 5.74) is 4.78. The van der Waals surface area contributed by atoms with Crippen molar-refractivity contribution in [2.75, 3.05) is 40.7 Å². The van der Waals surface area contributed by atoms with Gasteiger partial charge in [-0.3, -0.25) is 29.2 Å². The zero-order valence-corrected chi connectivity index (χ0v) is 26.3. The summed E-state index contributed by atoms with van der Waals surface area (Å²) in [4.78, 5) is 64.2. The van der Waals surface area contributed by atoms with E-state index in [4.69, 9.17) is 11.6 Å². The summed E-state index contributed by atoms with van der Waals surface area (Å²) in [7, 11) is 5.44. The molecule has 13 nitrogen and oxygen atoms in total. The molecule has 2 unspecified atom stereocenters. The number of imide groups is 1. The molecule has 7 rings (SSSR count). The summed E-state index contributed by atoms with van der Waals surface area (Å²) in [6.07, 6.45) is 3.53. The maximum absolute atomic E-state index is 13.5. The first-order valence-corrected chi connectivity index (χ1v) is 15.5. The largest absolute Gasteiger partial charge is 0.340 e. The molecule has 2 aromatic carbocycles. The summed E-state index contributed by atoms with van der Waals surface area (Å²) in [5.74, 6) is -0.199. The number of hydrogen-bond donors (Lipinski definition) is 2. The van der Waals surface area contributed by atoms with Gasteiger partial charge in [0.2, 0.25) is 29.6 Å². The van der Waals surface area contributed by atoms with Crippen LogP contribution in [0, 0.1) is 0 Å². The zero-order chi connectivity index (χ0) is 32.3.